The predicted octanol–water partition coefficient (Wildman–Crippen LogP) is -1.50. The van der Waals surface area contributed by atoms with E-state index in [1.54, 1.807) is 0 Å². The molecule has 6 nitrogen and oxygen atoms in total. The van der Waals surface area contributed by atoms with Gasteiger partial charge in [-0.3, -0.25) is 0 Å². The second-order valence-corrected chi connectivity index (χ2v) is 0.875. The Morgan fingerprint density at radius 2 is 1.62 bits per heavy atom. The fraction of sp³-hybridized carbons (Fsp3) is 0. The van der Waals surface area contributed by atoms with Gasteiger partial charge in [0.15, 0.2) is 5.96 Å². The Balaban J connectivity index is 0. The Kier molecular flexibility index (Phi) is 4.77. The lowest BCUT2D eigenvalue weighted by molar-refractivity contribution is 0.256. The molecule has 8 heavy (non-hydrogen) atoms. The lowest BCUT2D eigenvalue weighted by Gasteiger charge is -1.82. The van der Waals surface area contributed by atoms with Gasteiger partial charge in [0, 0.05) is 0 Å². The van der Waals surface area contributed by atoms with Crippen molar-refractivity contribution >= 4 is 12.0 Å². The number of carbonyl (C=O) groups excluding carboxylic acids is 1. The summed E-state index contributed by atoms with van der Waals surface area (Å²) in [7, 11) is 0. The van der Waals surface area contributed by atoms with Crippen LogP contribution in [0.3, 0.4) is 0 Å². The molecule has 0 aromatic heterocycles. The van der Waals surface area contributed by atoms with E-state index in [9.17, 15) is 4.79 Å². The largest absolute Gasteiger partial charge is 0.370 e. The zero-order valence-electron chi connectivity index (χ0n) is 4.29. The van der Waals surface area contributed by atoms with E-state index in [1.807, 2.05) is 0 Å². The van der Waals surface area contributed by atoms with E-state index >= 15 is 0 Å². The standard InChI is InChI=1S/C2H6N4O.H3N/c3-1(4)6-2(5)7;/h(H6,3,4,5,6,7);1H3. The van der Waals surface area contributed by atoms with E-state index in [0.717, 1.165) is 0 Å². The quantitative estimate of drug-likeness (QED) is 0.227. The van der Waals surface area contributed by atoms with Gasteiger partial charge in [-0.2, -0.15) is 4.99 Å². The summed E-state index contributed by atoms with van der Waals surface area (Å²) in [6, 6.07) is -0.875. The molecule has 0 aliphatic heterocycles. The third-order valence-electron chi connectivity index (χ3n) is 0.239. The first-order chi connectivity index (χ1) is 3.13. The van der Waals surface area contributed by atoms with Crippen molar-refractivity contribution in [1.29, 1.82) is 0 Å². The molecule has 2 amide bonds. The Bertz CT molecular complexity index is 103. The average Bonchev–Trinajstić information content (AvgIpc) is 1.27. The minimum Gasteiger partial charge on any atom is -0.370 e. The molecule has 0 aromatic carbocycles. The molecule has 0 radical (unpaired) electrons. The van der Waals surface area contributed by atoms with Crippen LogP contribution in [0.15, 0.2) is 4.99 Å². The fourth-order valence-corrected chi connectivity index (χ4v) is 0.127. The fourth-order valence-electron chi connectivity index (χ4n) is 0.127. The maximum Gasteiger partial charge on any atom is 0.341 e. The van der Waals surface area contributed by atoms with Crippen LogP contribution < -0.4 is 23.4 Å². The highest BCUT2D eigenvalue weighted by Crippen LogP contribution is 1.60. The molecular formula is C2H9N5O. The summed E-state index contributed by atoms with van der Waals surface area (Å²) in [4.78, 5) is 12.6. The molecule has 0 aromatic rings. The van der Waals surface area contributed by atoms with Crippen LogP contribution in [-0.2, 0) is 0 Å². The maximum absolute atomic E-state index is 9.68. The van der Waals surface area contributed by atoms with Crippen molar-refractivity contribution in [2.24, 2.45) is 22.2 Å². The molecule has 0 heterocycles. The topological polar surface area (TPSA) is 142 Å². The molecule has 0 aliphatic carbocycles. The molecule has 6 heteroatoms. The van der Waals surface area contributed by atoms with Crippen LogP contribution in [0.5, 0.6) is 0 Å². The Hall–Kier alpha value is -1.30. The average molecular weight is 119 g/mol. The smallest absolute Gasteiger partial charge is 0.341 e. The van der Waals surface area contributed by atoms with Gasteiger partial charge < -0.3 is 23.4 Å². The molecule has 0 spiro atoms. The van der Waals surface area contributed by atoms with Gasteiger partial charge in [-0.15, -0.1) is 0 Å². The minimum absolute atomic E-state index is 0. The summed E-state index contributed by atoms with van der Waals surface area (Å²) in [5.74, 6) is -0.312. The predicted molar refractivity (Wildman–Crippen MR) is 30.4 cm³/mol. The van der Waals surface area contributed by atoms with E-state index in [-0.39, 0.29) is 12.1 Å². The highest BCUT2D eigenvalue weighted by molar-refractivity contribution is 5.89. The van der Waals surface area contributed by atoms with Crippen LogP contribution in [0.2, 0.25) is 0 Å². The third kappa shape index (κ3) is 8.83. The summed E-state index contributed by atoms with van der Waals surface area (Å²) in [6.07, 6.45) is 0. The van der Waals surface area contributed by atoms with Crippen LogP contribution in [0.4, 0.5) is 4.79 Å². The molecule has 0 saturated heterocycles. The molecule has 0 fully saturated rings. The van der Waals surface area contributed by atoms with E-state index in [0.29, 0.717) is 0 Å². The monoisotopic (exact) mass is 119 g/mol. The van der Waals surface area contributed by atoms with Crippen molar-refractivity contribution in [3.8, 4) is 0 Å². The molecule has 9 N–H and O–H groups in total. The lowest BCUT2D eigenvalue weighted by Crippen LogP contribution is -2.25. The van der Waals surface area contributed by atoms with Gasteiger partial charge in [-0.05, 0) is 0 Å². The number of carbonyl (C=O) groups is 1. The summed E-state index contributed by atoms with van der Waals surface area (Å²) in [5, 5.41) is 0. The number of amides is 2. The van der Waals surface area contributed by atoms with Gasteiger partial charge >= 0.3 is 6.03 Å². The summed E-state index contributed by atoms with van der Waals surface area (Å²) in [5.41, 5.74) is 13.9. The van der Waals surface area contributed by atoms with Crippen molar-refractivity contribution in [1.82, 2.24) is 6.15 Å². The Morgan fingerprint density at radius 1 is 1.25 bits per heavy atom. The van der Waals surface area contributed by atoms with E-state index in [4.69, 9.17) is 11.5 Å². The van der Waals surface area contributed by atoms with Crippen molar-refractivity contribution in [3.63, 3.8) is 0 Å². The highest BCUT2D eigenvalue weighted by atomic mass is 16.2. The number of hydrogen-bond donors (Lipinski definition) is 4. The normalized spacial score (nSPS) is 6.50. The van der Waals surface area contributed by atoms with Gasteiger partial charge in [0.25, 0.3) is 0 Å². The number of guanidine groups is 1. The number of aliphatic imine (C=N–C) groups is 1. The molecule has 0 rings (SSSR count). The van der Waals surface area contributed by atoms with Crippen LogP contribution in [0.1, 0.15) is 0 Å². The zero-order valence-corrected chi connectivity index (χ0v) is 4.29. The van der Waals surface area contributed by atoms with E-state index in [1.165, 1.54) is 0 Å². The lowest BCUT2D eigenvalue weighted by atomic mass is 11.0. The van der Waals surface area contributed by atoms with Gasteiger partial charge in [0.05, 0.1) is 0 Å². The number of rotatable bonds is 0. The number of nitrogens with zero attached hydrogens (tertiary/aromatic N) is 1. The van der Waals surface area contributed by atoms with Crippen LogP contribution in [0.25, 0.3) is 0 Å². The van der Waals surface area contributed by atoms with Gasteiger partial charge in [0.2, 0.25) is 0 Å². The minimum atomic E-state index is -0.875. The second-order valence-electron chi connectivity index (χ2n) is 0.875. The van der Waals surface area contributed by atoms with Gasteiger partial charge in [-0.25, -0.2) is 4.79 Å². The van der Waals surface area contributed by atoms with Crippen molar-refractivity contribution in [2.45, 2.75) is 0 Å². The number of hydrogen-bond acceptors (Lipinski definition) is 2. The third-order valence-corrected chi connectivity index (χ3v) is 0.239. The summed E-state index contributed by atoms with van der Waals surface area (Å²) < 4.78 is 0. The van der Waals surface area contributed by atoms with Crippen molar-refractivity contribution in [3.05, 3.63) is 0 Å². The van der Waals surface area contributed by atoms with Gasteiger partial charge in [0.1, 0.15) is 0 Å². The second kappa shape index (κ2) is 3.88. The highest BCUT2D eigenvalue weighted by Gasteiger charge is 1.83. The first-order valence-corrected chi connectivity index (χ1v) is 1.52. The number of urea groups is 1. The maximum atomic E-state index is 9.68. The molecule has 48 valence electrons. The zero-order chi connectivity index (χ0) is 5.86. The van der Waals surface area contributed by atoms with Crippen molar-refractivity contribution < 1.29 is 4.79 Å². The summed E-state index contributed by atoms with van der Waals surface area (Å²) >= 11 is 0. The van der Waals surface area contributed by atoms with Crippen LogP contribution >= 0.6 is 0 Å². The van der Waals surface area contributed by atoms with Gasteiger partial charge in [-0.1, -0.05) is 0 Å². The Morgan fingerprint density at radius 3 is 1.62 bits per heavy atom. The molecule has 0 atom stereocenters. The number of primary amides is 1. The molecule has 0 saturated carbocycles. The molecule has 0 unspecified atom stereocenters. The number of nitrogens with two attached hydrogens (primary N) is 3. The van der Waals surface area contributed by atoms with Crippen LogP contribution in [0, 0.1) is 0 Å². The summed E-state index contributed by atoms with van der Waals surface area (Å²) in [6.45, 7) is 0. The first kappa shape index (κ1) is 9.85. The van der Waals surface area contributed by atoms with Crippen molar-refractivity contribution in [2.75, 3.05) is 0 Å². The molecule has 0 aliphatic rings. The molecule has 0 bridgehead atoms. The SMILES string of the molecule is N.NC(=O)N=C(N)N. The first-order valence-electron chi connectivity index (χ1n) is 1.52. The van der Waals surface area contributed by atoms with E-state index < -0.39 is 6.03 Å². The Labute approximate surface area is 46.3 Å². The van der Waals surface area contributed by atoms with E-state index in [2.05, 4.69) is 10.7 Å². The van der Waals surface area contributed by atoms with Crippen LogP contribution in [-0.4, -0.2) is 12.0 Å². The molecular weight excluding hydrogens is 110 g/mol.